The fraction of sp³-hybridized carbons (Fsp3) is 0.391. The summed E-state index contributed by atoms with van der Waals surface area (Å²) in [5.74, 6) is 0.834. The van der Waals surface area contributed by atoms with Crippen molar-refractivity contribution in [3.05, 3.63) is 53.8 Å². The second-order valence-corrected chi connectivity index (χ2v) is 9.60. The maximum absolute atomic E-state index is 13.1. The average Bonchev–Trinajstić information content (AvgIpc) is 3.23. The number of pyridine rings is 1. The number of amides is 1. The average molecular weight is 456 g/mol. The van der Waals surface area contributed by atoms with Gasteiger partial charge in [0.25, 0.3) is 0 Å². The molecular weight excluding hydrogens is 430 g/mol. The van der Waals surface area contributed by atoms with Gasteiger partial charge < -0.3 is 4.90 Å². The first-order valence-electron chi connectivity index (χ1n) is 10.6. The molecule has 2 aromatic heterocycles. The van der Waals surface area contributed by atoms with Crippen molar-refractivity contribution < 1.29 is 4.79 Å². The van der Waals surface area contributed by atoms with E-state index in [1.54, 1.807) is 12.4 Å². The van der Waals surface area contributed by atoms with E-state index in [-0.39, 0.29) is 11.2 Å². The largest absolute Gasteiger partial charge is 0.342 e. The van der Waals surface area contributed by atoms with Crippen molar-refractivity contribution in [3.8, 4) is 17.1 Å². The lowest BCUT2D eigenvalue weighted by Crippen LogP contribution is -2.42. The lowest BCUT2D eigenvalue weighted by molar-refractivity contribution is -0.131. The summed E-state index contributed by atoms with van der Waals surface area (Å²) in [5.41, 5.74) is 1.80. The van der Waals surface area contributed by atoms with Crippen LogP contribution in [0.1, 0.15) is 39.0 Å². The van der Waals surface area contributed by atoms with Crippen LogP contribution in [0, 0.1) is 0 Å². The molecule has 0 aliphatic heterocycles. The molecule has 0 N–H and O–H groups in total. The minimum absolute atomic E-state index is 0.132. The van der Waals surface area contributed by atoms with Gasteiger partial charge in [-0.25, -0.2) is 0 Å². The zero-order chi connectivity index (χ0) is 21.8. The minimum Gasteiger partial charge on any atom is -0.342 e. The molecule has 3 aromatic rings. The van der Waals surface area contributed by atoms with E-state index in [1.807, 2.05) is 59.8 Å². The van der Waals surface area contributed by atoms with Crippen LogP contribution in [-0.2, 0) is 4.79 Å². The Balaban J connectivity index is 1.62. The van der Waals surface area contributed by atoms with Crippen LogP contribution in [0.25, 0.3) is 17.1 Å². The molecule has 0 spiro atoms. The summed E-state index contributed by atoms with van der Waals surface area (Å²) in [5, 5.41) is 9.94. The highest BCUT2D eigenvalue weighted by Crippen LogP contribution is 2.32. The Morgan fingerprint density at radius 2 is 1.77 bits per heavy atom. The number of nitrogens with zero attached hydrogens (tertiary/aromatic N) is 5. The maximum atomic E-state index is 13.1. The van der Waals surface area contributed by atoms with Gasteiger partial charge in [-0.05, 0) is 56.2 Å². The molecule has 0 bridgehead atoms. The summed E-state index contributed by atoms with van der Waals surface area (Å²) < 4.78 is 1.97. The van der Waals surface area contributed by atoms with Crippen LogP contribution in [-0.4, -0.2) is 48.9 Å². The van der Waals surface area contributed by atoms with Crippen LogP contribution in [0.5, 0.6) is 0 Å². The van der Waals surface area contributed by atoms with Crippen LogP contribution in [0.4, 0.5) is 0 Å². The van der Waals surface area contributed by atoms with E-state index in [0.717, 1.165) is 24.1 Å². The van der Waals surface area contributed by atoms with Crippen molar-refractivity contribution >= 4 is 29.3 Å². The molecule has 0 radical (unpaired) electrons. The van der Waals surface area contributed by atoms with E-state index < -0.39 is 0 Å². The maximum Gasteiger partial charge on any atom is 0.235 e. The Kier molecular flexibility index (Phi) is 6.92. The number of hydrogen-bond donors (Lipinski definition) is 0. The molecule has 1 atom stereocenters. The molecule has 1 saturated carbocycles. The Hall–Kier alpha value is -2.38. The number of carbonyl (C=O) groups excluding carboxylic acids is 1. The fourth-order valence-corrected chi connectivity index (χ4v) is 5.10. The van der Waals surface area contributed by atoms with Crippen molar-refractivity contribution in [3.63, 3.8) is 0 Å². The lowest BCUT2D eigenvalue weighted by Gasteiger charge is -2.32. The van der Waals surface area contributed by atoms with Gasteiger partial charge in [-0.2, -0.15) is 0 Å². The van der Waals surface area contributed by atoms with Crippen molar-refractivity contribution in [2.45, 2.75) is 55.5 Å². The summed E-state index contributed by atoms with van der Waals surface area (Å²) in [6.45, 7) is 1.94. The first-order valence-corrected chi connectivity index (χ1v) is 11.9. The highest BCUT2D eigenvalue weighted by molar-refractivity contribution is 8.00. The molecule has 1 fully saturated rings. The monoisotopic (exact) mass is 455 g/mol. The number of carbonyl (C=O) groups is 1. The molecule has 1 aromatic carbocycles. The van der Waals surface area contributed by atoms with Crippen LogP contribution in [0.15, 0.2) is 53.9 Å². The minimum atomic E-state index is -0.271. The van der Waals surface area contributed by atoms with Gasteiger partial charge in [0.05, 0.1) is 5.25 Å². The van der Waals surface area contributed by atoms with Crippen molar-refractivity contribution in [2.75, 3.05) is 7.05 Å². The zero-order valence-corrected chi connectivity index (χ0v) is 19.3. The molecule has 4 rings (SSSR count). The van der Waals surface area contributed by atoms with E-state index in [0.29, 0.717) is 22.0 Å². The number of benzene rings is 1. The molecule has 1 unspecified atom stereocenters. The molecule has 162 valence electrons. The van der Waals surface area contributed by atoms with E-state index in [9.17, 15) is 4.79 Å². The van der Waals surface area contributed by atoms with Gasteiger partial charge >= 0.3 is 0 Å². The number of thioether (sulfide) groups is 1. The third-order valence-corrected chi connectivity index (χ3v) is 7.04. The predicted octanol–water partition coefficient (Wildman–Crippen LogP) is 5.25. The van der Waals surface area contributed by atoms with Crippen LogP contribution in [0.2, 0.25) is 5.02 Å². The van der Waals surface area contributed by atoms with Crippen LogP contribution < -0.4 is 0 Å². The second kappa shape index (κ2) is 9.83. The molecule has 2 heterocycles. The first kappa shape index (κ1) is 21.8. The molecule has 1 aliphatic rings. The number of hydrogen-bond acceptors (Lipinski definition) is 5. The summed E-state index contributed by atoms with van der Waals surface area (Å²) in [6.07, 6.45) is 9.31. The normalized spacial score (nSPS) is 15.6. The molecule has 1 aliphatic carbocycles. The van der Waals surface area contributed by atoms with Gasteiger partial charge in [-0.3, -0.25) is 14.3 Å². The number of rotatable bonds is 6. The lowest BCUT2D eigenvalue weighted by atomic mass is 9.94. The van der Waals surface area contributed by atoms with Gasteiger partial charge in [0.2, 0.25) is 5.91 Å². The number of halogens is 1. The Morgan fingerprint density at radius 3 is 2.45 bits per heavy atom. The third-order valence-electron chi connectivity index (χ3n) is 5.76. The molecule has 31 heavy (non-hydrogen) atoms. The van der Waals surface area contributed by atoms with Crippen LogP contribution >= 0.6 is 23.4 Å². The molecule has 6 nitrogen and oxygen atoms in total. The standard InChI is InChI=1S/C23H26ClN5OS/c1-16(22(30)28(2)19-6-4-3-5-7-19)31-23-27-26-21(17-12-14-25-15-13-17)29(23)20-10-8-18(24)9-11-20/h8-16,19H,3-7H2,1-2H3. The quantitative estimate of drug-likeness (QED) is 0.474. The van der Waals surface area contributed by atoms with Gasteiger partial charge in [0.15, 0.2) is 11.0 Å². The number of aromatic nitrogens is 4. The first-order chi connectivity index (χ1) is 15.0. The predicted molar refractivity (Wildman–Crippen MR) is 125 cm³/mol. The second-order valence-electron chi connectivity index (χ2n) is 7.85. The van der Waals surface area contributed by atoms with E-state index in [4.69, 9.17) is 11.6 Å². The molecular formula is C23H26ClN5OS. The van der Waals surface area contributed by atoms with Crippen molar-refractivity contribution in [1.82, 2.24) is 24.6 Å². The topological polar surface area (TPSA) is 63.9 Å². The Labute approximate surface area is 192 Å². The van der Waals surface area contributed by atoms with E-state index in [2.05, 4.69) is 15.2 Å². The van der Waals surface area contributed by atoms with Gasteiger partial charge in [-0.1, -0.05) is 42.6 Å². The molecule has 8 heteroatoms. The summed E-state index contributed by atoms with van der Waals surface area (Å²) in [4.78, 5) is 19.2. The smallest absolute Gasteiger partial charge is 0.235 e. The zero-order valence-electron chi connectivity index (χ0n) is 17.7. The van der Waals surface area contributed by atoms with Crippen molar-refractivity contribution in [2.24, 2.45) is 0 Å². The summed E-state index contributed by atoms with van der Waals surface area (Å²) in [6, 6.07) is 11.7. The van der Waals surface area contributed by atoms with Gasteiger partial charge in [0.1, 0.15) is 0 Å². The van der Waals surface area contributed by atoms with E-state index >= 15 is 0 Å². The summed E-state index contributed by atoms with van der Waals surface area (Å²) >= 11 is 7.53. The summed E-state index contributed by atoms with van der Waals surface area (Å²) in [7, 11) is 1.93. The SMILES string of the molecule is CC(Sc1nnc(-c2ccncc2)n1-c1ccc(Cl)cc1)C(=O)N(C)C1CCCCC1. The third kappa shape index (κ3) is 4.93. The van der Waals surface area contributed by atoms with E-state index in [1.165, 1.54) is 31.0 Å². The van der Waals surface area contributed by atoms with Gasteiger partial charge in [-0.15, -0.1) is 10.2 Å². The van der Waals surface area contributed by atoms with Gasteiger partial charge in [0, 0.05) is 41.8 Å². The Bertz CT molecular complexity index is 1020. The van der Waals surface area contributed by atoms with Crippen molar-refractivity contribution in [1.29, 1.82) is 0 Å². The van der Waals surface area contributed by atoms with Crippen LogP contribution in [0.3, 0.4) is 0 Å². The highest BCUT2D eigenvalue weighted by atomic mass is 35.5. The molecule has 0 saturated heterocycles. The highest BCUT2D eigenvalue weighted by Gasteiger charge is 2.28. The molecule has 1 amide bonds. The fourth-order valence-electron chi connectivity index (χ4n) is 4.00. The Morgan fingerprint density at radius 1 is 1.10 bits per heavy atom.